The van der Waals surface area contributed by atoms with Crippen molar-refractivity contribution in [2.45, 2.75) is 26.7 Å². The van der Waals surface area contributed by atoms with Crippen LogP contribution in [-0.2, 0) is 12.8 Å². The van der Waals surface area contributed by atoms with Crippen LogP contribution in [0.3, 0.4) is 0 Å². The van der Waals surface area contributed by atoms with Crippen LogP contribution < -0.4 is 0 Å². The predicted molar refractivity (Wildman–Crippen MR) is 78.9 cm³/mol. The van der Waals surface area contributed by atoms with Crippen LogP contribution in [0.15, 0.2) is 47.5 Å². The van der Waals surface area contributed by atoms with Crippen LogP contribution in [0, 0.1) is 5.82 Å². The molecular weight excluding hydrogens is 237 g/mol. The molecule has 0 unspecified atom stereocenters. The zero-order chi connectivity index (χ0) is 13.7. The van der Waals surface area contributed by atoms with Crippen molar-refractivity contribution in [3.63, 3.8) is 0 Å². The van der Waals surface area contributed by atoms with Gasteiger partial charge in [0.1, 0.15) is 5.82 Å². The van der Waals surface area contributed by atoms with Gasteiger partial charge in [0.15, 0.2) is 0 Å². The molecule has 2 heteroatoms. The summed E-state index contributed by atoms with van der Waals surface area (Å²) < 4.78 is 13.6. The van der Waals surface area contributed by atoms with Crippen molar-refractivity contribution in [3.05, 3.63) is 65.0 Å². The average molecular weight is 255 g/mol. The Kier molecular flexibility index (Phi) is 4.45. The molecule has 0 bridgehead atoms. The highest BCUT2D eigenvalue weighted by Crippen LogP contribution is 2.25. The topological polar surface area (TPSA) is 12.4 Å². The van der Waals surface area contributed by atoms with E-state index in [-0.39, 0.29) is 5.82 Å². The molecule has 0 radical (unpaired) electrons. The lowest BCUT2D eigenvalue weighted by Crippen LogP contribution is -1.91. The summed E-state index contributed by atoms with van der Waals surface area (Å²) in [5.74, 6) is -0.238. The molecule has 0 saturated carbocycles. The van der Waals surface area contributed by atoms with Gasteiger partial charge in [-0.05, 0) is 30.0 Å². The van der Waals surface area contributed by atoms with Gasteiger partial charge in [-0.2, -0.15) is 0 Å². The normalized spacial score (nSPS) is 11.1. The number of aliphatic imine (C=N–C) groups is 1. The lowest BCUT2D eigenvalue weighted by molar-refractivity contribution is 0.626. The van der Waals surface area contributed by atoms with Crippen molar-refractivity contribution in [2.24, 2.45) is 4.99 Å². The number of benzene rings is 2. The summed E-state index contributed by atoms with van der Waals surface area (Å²) in [6.45, 7) is 4.22. The maximum absolute atomic E-state index is 13.6. The highest BCUT2D eigenvalue weighted by atomic mass is 19.1. The Balaban J connectivity index is 2.40. The number of hydrogen-bond donors (Lipinski definition) is 0. The first-order chi connectivity index (χ1) is 9.26. The number of para-hydroxylation sites is 1. The van der Waals surface area contributed by atoms with Gasteiger partial charge >= 0.3 is 0 Å². The number of nitrogens with zero attached hydrogens (tertiary/aromatic N) is 1. The van der Waals surface area contributed by atoms with Gasteiger partial charge in [-0.25, -0.2) is 4.39 Å². The summed E-state index contributed by atoms with van der Waals surface area (Å²) in [5, 5.41) is 0. The molecule has 98 valence electrons. The molecule has 0 fully saturated rings. The molecule has 0 atom stereocenters. The van der Waals surface area contributed by atoms with Crippen LogP contribution in [-0.4, -0.2) is 6.21 Å². The fourth-order valence-corrected chi connectivity index (χ4v) is 2.09. The zero-order valence-electron chi connectivity index (χ0n) is 11.4. The standard InChI is InChI=1S/C17H18FN/c1-3-13-9-7-10-14(4-2)17(13)19-12-15-8-5-6-11-16(15)18/h5-12H,3-4H2,1-2H3. The monoisotopic (exact) mass is 255 g/mol. The number of halogens is 1. The first-order valence-electron chi connectivity index (χ1n) is 6.65. The van der Waals surface area contributed by atoms with Crippen molar-refractivity contribution in [1.82, 2.24) is 0 Å². The van der Waals surface area contributed by atoms with E-state index in [1.165, 1.54) is 17.2 Å². The molecule has 2 rings (SSSR count). The van der Waals surface area contributed by atoms with E-state index in [0.717, 1.165) is 18.5 Å². The summed E-state index contributed by atoms with van der Waals surface area (Å²) >= 11 is 0. The Morgan fingerprint density at radius 2 is 1.58 bits per heavy atom. The van der Waals surface area contributed by atoms with Crippen molar-refractivity contribution < 1.29 is 4.39 Å². The largest absolute Gasteiger partial charge is 0.256 e. The average Bonchev–Trinajstić information content (AvgIpc) is 2.46. The van der Waals surface area contributed by atoms with Gasteiger partial charge in [0.05, 0.1) is 5.69 Å². The summed E-state index contributed by atoms with van der Waals surface area (Å²) in [4.78, 5) is 4.51. The minimum absolute atomic E-state index is 0.238. The van der Waals surface area contributed by atoms with E-state index in [1.807, 2.05) is 6.07 Å². The lowest BCUT2D eigenvalue weighted by Gasteiger charge is -2.08. The Bertz CT molecular complexity index is 565. The third kappa shape index (κ3) is 3.08. The molecule has 0 amide bonds. The summed E-state index contributed by atoms with van der Waals surface area (Å²) in [6.07, 6.45) is 3.47. The molecule has 19 heavy (non-hydrogen) atoms. The number of rotatable bonds is 4. The Morgan fingerprint density at radius 1 is 0.947 bits per heavy atom. The Hall–Kier alpha value is -1.96. The van der Waals surface area contributed by atoms with Gasteiger partial charge in [0.25, 0.3) is 0 Å². The Labute approximate surface area is 113 Å². The minimum atomic E-state index is -0.238. The van der Waals surface area contributed by atoms with E-state index < -0.39 is 0 Å². The van der Waals surface area contributed by atoms with Gasteiger partial charge in [0.2, 0.25) is 0 Å². The highest BCUT2D eigenvalue weighted by Gasteiger charge is 2.04. The Morgan fingerprint density at radius 3 is 2.16 bits per heavy atom. The van der Waals surface area contributed by atoms with E-state index in [2.05, 4.69) is 37.0 Å². The second-order valence-corrected chi connectivity index (χ2v) is 4.41. The van der Waals surface area contributed by atoms with E-state index >= 15 is 0 Å². The van der Waals surface area contributed by atoms with Gasteiger partial charge in [-0.3, -0.25) is 4.99 Å². The van der Waals surface area contributed by atoms with E-state index in [9.17, 15) is 4.39 Å². The maximum atomic E-state index is 13.6. The van der Waals surface area contributed by atoms with Gasteiger partial charge in [0, 0.05) is 11.8 Å². The van der Waals surface area contributed by atoms with Crippen LogP contribution >= 0.6 is 0 Å². The van der Waals surface area contributed by atoms with Crippen molar-refractivity contribution in [3.8, 4) is 0 Å². The minimum Gasteiger partial charge on any atom is -0.256 e. The summed E-state index contributed by atoms with van der Waals surface area (Å²) in [7, 11) is 0. The van der Waals surface area contributed by atoms with E-state index in [4.69, 9.17) is 0 Å². The van der Waals surface area contributed by atoms with Crippen LogP contribution in [0.4, 0.5) is 10.1 Å². The molecule has 0 N–H and O–H groups in total. The molecule has 2 aromatic carbocycles. The van der Waals surface area contributed by atoms with Crippen LogP contribution in [0.5, 0.6) is 0 Å². The predicted octanol–water partition coefficient (Wildman–Crippen LogP) is 4.70. The molecule has 0 aliphatic heterocycles. The summed E-state index contributed by atoms with van der Waals surface area (Å²) in [6, 6.07) is 12.9. The van der Waals surface area contributed by atoms with Crippen molar-refractivity contribution >= 4 is 11.9 Å². The van der Waals surface area contributed by atoms with Gasteiger partial charge < -0.3 is 0 Å². The summed E-state index contributed by atoms with van der Waals surface area (Å²) in [5.41, 5.74) is 3.91. The molecule has 0 aromatic heterocycles. The molecule has 0 saturated heterocycles. The second kappa shape index (κ2) is 6.28. The number of hydrogen-bond acceptors (Lipinski definition) is 1. The second-order valence-electron chi connectivity index (χ2n) is 4.41. The lowest BCUT2D eigenvalue weighted by atomic mass is 10.0. The van der Waals surface area contributed by atoms with Crippen molar-refractivity contribution in [2.75, 3.05) is 0 Å². The molecule has 0 heterocycles. The number of aryl methyl sites for hydroxylation is 2. The molecule has 0 aliphatic carbocycles. The first kappa shape index (κ1) is 13.5. The van der Waals surface area contributed by atoms with Gasteiger partial charge in [-0.15, -0.1) is 0 Å². The molecular formula is C17H18FN. The van der Waals surface area contributed by atoms with Crippen molar-refractivity contribution in [1.29, 1.82) is 0 Å². The van der Waals surface area contributed by atoms with Gasteiger partial charge in [-0.1, -0.05) is 50.2 Å². The molecule has 1 nitrogen and oxygen atoms in total. The third-order valence-electron chi connectivity index (χ3n) is 3.20. The SMILES string of the molecule is CCc1cccc(CC)c1N=Cc1ccccc1F. The van der Waals surface area contributed by atoms with E-state index in [0.29, 0.717) is 5.56 Å². The van der Waals surface area contributed by atoms with Crippen LogP contribution in [0.2, 0.25) is 0 Å². The fourth-order valence-electron chi connectivity index (χ4n) is 2.09. The zero-order valence-corrected chi connectivity index (χ0v) is 11.4. The van der Waals surface area contributed by atoms with E-state index in [1.54, 1.807) is 18.3 Å². The van der Waals surface area contributed by atoms with Crippen LogP contribution in [0.25, 0.3) is 0 Å². The maximum Gasteiger partial charge on any atom is 0.131 e. The smallest absolute Gasteiger partial charge is 0.131 e. The van der Waals surface area contributed by atoms with Crippen LogP contribution in [0.1, 0.15) is 30.5 Å². The quantitative estimate of drug-likeness (QED) is 0.702. The molecule has 0 spiro atoms. The highest BCUT2D eigenvalue weighted by molar-refractivity contribution is 5.83. The molecule has 2 aromatic rings. The first-order valence-corrected chi connectivity index (χ1v) is 6.65. The fraction of sp³-hybridized carbons (Fsp3) is 0.235. The molecule has 0 aliphatic rings. The third-order valence-corrected chi connectivity index (χ3v) is 3.20.